The molecule has 0 aromatic heterocycles. The summed E-state index contributed by atoms with van der Waals surface area (Å²) in [5.41, 5.74) is 1.97. The van der Waals surface area contributed by atoms with Gasteiger partial charge in [-0.3, -0.25) is 24.9 Å². The number of nitrogens with zero attached hydrogens (tertiary/aromatic N) is 3. The Morgan fingerprint density at radius 2 is 2.00 bits per heavy atom. The van der Waals surface area contributed by atoms with E-state index in [-0.39, 0.29) is 18.8 Å². The van der Waals surface area contributed by atoms with Crippen LogP contribution >= 0.6 is 11.6 Å². The molecule has 0 spiro atoms. The smallest absolute Gasteiger partial charge is 0.327 e. The number of methoxy groups -OCH3 is 1. The van der Waals surface area contributed by atoms with Gasteiger partial charge in [-0.05, 0) is 30.3 Å². The van der Waals surface area contributed by atoms with Gasteiger partial charge in [-0.25, -0.2) is 0 Å². The monoisotopic (exact) mass is 347 g/mol. The maximum absolute atomic E-state index is 11.8. The number of hydrogen-bond donors (Lipinski definition) is 0. The van der Waals surface area contributed by atoms with Crippen LogP contribution in [0.3, 0.4) is 0 Å². The highest BCUT2D eigenvalue weighted by atomic mass is 35.5. The van der Waals surface area contributed by atoms with Crippen molar-refractivity contribution in [2.75, 3.05) is 23.7 Å². The number of esters is 1. The van der Waals surface area contributed by atoms with Gasteiger partial charge in [-0.2, -0.15) is 0 Å². The van der Waals surface area contributed by atoms with Gasteiger partial charge in [0.25, 0.3) is 5.69 Å². The molecule has 1 heterocycles. The van der Waals surface area contributed by atoms with Crippen molar-refractivity contribution in [1.82, 2.24) is 0 Å². The Hall–Kier alpha value is -2.80. The number of hydrazine groups is 1. The molecule has 0 amide bonds. The summed E-state index contributed by atoms with van der Waals surface area (Å²) in [7, 11) is 1.30. The second-order valence-corrected chi connectivity index (χ2v) is 5.64. The van der Waals surface area contributed by atoms with E-state index in [9.17, 15) is 14.9 Å². The van der Waals surface area contributed by atoms with Crippen LogP contribution in [0, 0.1) is 10.1 Å². The van der Waals surface area contributed by atoms with E-state index < -0.39 is 10.9 Å². The number of carbonyl (C=O) groups excluding carboxylic acids is 1. The maximum Gasteiger partial charge on any atom is 0.327 e. The molecule has 0 radical (unpaired) electrons. The largest absolute Gasteiger partial charge is 0.468 e. The maximum atomic E-state index is 11.8. The summed E-state index contributed by atoms with van der Waals surface area (Å²) in [4.78, 5) is 22.7. The fourth-order valence-electron chi connectivity index (χ4n) is 2.70. The Morgan fingerprint density at radius 3 is 2.62 bits per heavy atom. The third kappa shape index (κ3) is 2.85. The SMILES string of the molecule is COC(=O)CN1c2cccc([N+](=O)[O-])c2CN1c1ccc(Cl)cc1. The number of halogens is 1. The van der Waals surface area contributed by atoms with Gasteiger partial charge in [0.2, 0.25) is 0 Å². The van der Waals surface area contributed by atoms with Crippen LogP contribution < -0.4 is 10.0 Å². The van der Waals surface area contributed by atoms with Gasteiger partial charge in [-0.15, -0.1) is 0 Å². The van der Waals surface area contributed by atoms with Crippen LogP contribution in [0.1, 0.15) is 5.56 Å². The normalized spacial score (nSPS) is 12.9. The highest BCUT2D eigenvalue weighted by Crippen LogP contribution is 2.39. The molecule has 2 aromatic rings. The molecule has 0 saturated carbocycles. The summed E-state index contributed by atoms with van der Waals surface area (Å²) in [5.74, 6) is -0.437. The molecule has 0 aliphatic carbocycles. The molecule has 24 heavy (non-hydrogen) atoms. The minimum atomic E-state index is -0.437. The number of hydrogen-bond acceptors (Lipinski definition) is 6. The first kappa shape index (κ1) is 16.1. The quantitative estimate of drug-likeness (QED) is 0.480. The van der Waals surface area contributed by atoms with Gasteiger partial charge in [0, 0.05) is 11.1 Å². The highest BCUT2D eigenvalue weighted by Gasteiger charge is 2.34. The Bertz CT molecular complexity index is 794. The Balaban J connectivity index is 2.05. The van der Waals surface area contributed by atoms with Crippen LogP contribution in [0.5, 0.6) is 0 Å². The minimum absolute atomic E-state index is 0.0267. The molecular formula is C16H14ClN3O4. The van der Waals surface area contributed by atoms with Crippen LogP contribution in [0.25, 0.3) is 0 Å². The van der Waals surface area contributed by atoms with Crippen molar-refractivity contribution in [2.24, 2.45) is 0 Å². The molecule has 0 saturated heterocycles. The van der Waals surface area contributed by atoms with Crippen LogP contribution in [0.2, 0.25) is 5.02 Å². The fourth-order valence-corrected chi connectivity index (χ4v) is 2.83. The Morgan fingerprint density at radius 1 is 1.29 bits per heavy atom. The third-order valence-electron chi connectivity index (χ3n) is 3.83. The lowest BCUT2D eigenvalue weighted by Gasteiger charge is -2.31. The molecule has 1 aliphatic heterocycles. The van der Waals surface area contributed by atoms with E-state index in [1.54, 1.807) is 46.4 Å². The number of nitro groups is 1. The predicted octanol–water partition coefficient (Wildman–Crippen LogP) is 3.16. The van der Waals surface area contributed by atoms with Gasteiger partial charge in [-0.1, -0.05) is 17.7 Å². The standard InChI is InChI=1S/C16H14ClN3O4/c1-24-16(21)10-19-14-3-2-4-15(20(22)23)13(14)9-18(19)12-7-5-11(17)6-8-12/h2-8H,9-10H2,1H3. The predicted molar refractivity (Wildman–Crippen MR) is 90.1 cm³/mol. The molecule has 7 nitrogen and oxygen atoms in total. The van der Waals surface area contributed by atoms with Crippen LogP contribution in [0.4, 0.5) is 17.1 Å². The Kier molecular flexibility index (Phi) is 4.26. The molecule has 3 rings (SSSR count). The first-order chi connectivity index (χ1) is 11.5. The van der Waals surface area contributed by atoms with Crippen molar-refractivity contribution in [3.63, 3.8) is 0 Å². The summed E-state index contributed by atoms with van der Waals surface area (Å²) in [6.45, 7) is 0.235. The zero-order valence-electron chi connectivity index (χ0n) is 12.8. The third-order valence-corrected chi connectivity index (χ3v) is 4.08. The van der Waals surface area contributed by atoms with Gasteiger partial charge < -0.3 is 4.74 Å². The summed E-state index contributed by atoms with van der Waals surface area (Å²) < 4.78 is 4.75. The van der Waals surface area contributed by atoms with Crippen LogP contribution in [-0.4, -0.2) is 24.5 Å². The molecule has 0 atom stereocenters. The second kappa shape index (κ2) is 6.37. The number of anilines is 2. The number of fused-ring (bicyclic) bond motifs is 1. The molecule has 0 N–H and O–H groups in total. The van der Waals surface area contributed by atoms with Gasteiger partial charge >= 0.3 is 5.97 Å². The molecule has 0 unspecified atom stereocenters. The summed E-state index contributed by atoms with van der Waals surface area (Å²) >= 11 is 5.92. The van der Waals surface area contributed by atoms with Crippen molar-refractivity contribution in [3.8, 4) is 0 Å². The van der Waals surface area contributed by atoms with E-state index in [0.717, 1.165) is 5.69 Å². The highest BCUT2D eigenvalue weighted by molar-refractivity contribution is 6.30. The summed E-state index contributed by atoms with van der Waals surface area (Å²) in [6.07, 6.45) is 0. The number of benzene rings is 2. The topological polar surface area (TPSA) is 75.9 Å². The molecule has 124 valence electrons. The number of carbonyl (C=O) groups is 1. The summed E-state index contributed by atoms with van der Waals surface area (Å²) in [5, 5.41) is 15.4. The Labute approximate surface area is 143 Å². The fraction of sp³-hybridized carbons (Fsp3) is 0.188. The lowest BCUT2D eigenvalue weighted by atomic mass is 10.1. The number of nitro benzene ring substituents is 1. The van der Waals surface area contributed by atoms with Gasteiger partial charge in [0.15, 0.2) is 0 Å². The minimum Gasteiger partial charge on any atom is -0.468 e. The van der Waals surface area contributed by atoms with E-state index in [1.165, 1.54) is 13.2 Å². The van der Waals surface area contributed by atoms with Crippen molar-refractivity contribution in [3.05, 3.63) is 63.2 Å². The van der Waals surface area contributed by atoms with Gasteiger partial charge in [0.05, 0.1) is 35.5 Å². The number of rotatable bonds is 4. The molecule has 0 fully saturated rings. The molecule has 1 aliphatic rings. The first-order valence-corrected chi connectivity index (χ1v) is 7.52. The average molecular weight is 348 g/mol. The lowest BCUT2D eigenvalue weighted by Crippen LogP contribution is -2.41. The van der Waals surface area contributed by atoms with Crippen molar-refractivity contribution in [1.29, 1.82) is 0 Å². The molecule has 2 aromatic carbocycles. The van der Waals surface area contributed by atoms with E-state index in [2.05, 4.69) is 0 Å². The van der Waals surface area contributed by atoms with Gasteiger partial charge in [0.1, 0.15) is 6.54 Å². The number of ether oxygens (including phenoxy) is 1. The van der Waals surface area contributed by atoms with E-state index in [0.29, 0.717) is 16.3 Å². The van der Waals surface area contributed by atoms with Crippen molar-refractivity contribution in [2.45, 2.75) is 6.54 Å². The van der Waals surface area contributed by atoms with Crippen molar-refractivity contribution < 1.29 is 14.5 Å². The molecule has 8 heteroatoms. The van der Waals surface area contributed by atoms with E-state index in [4.69, 9.17) is 16.3 Å². The second-order valence-electron chi connectivity index (χ2n) is 5.20. The van der Waals surface area contributed by atoms with E-state index >= 15 is 0 Å². The first-order valence-electron chi connectivity index (χ1n) is 7.15. The molecular weight excluding hydrogens is 334 g/mol. The zero-order chi connectivity index (χ0) is 17.3. The molecule has 0 bridgehead atoms. The van der Waals surface area contributed by atoms with E-state index in [1.807, 2.05) is 0 Å². The lowest BCUT2D eigenvalue weighted by molar-refractivity contribution is -0.385. The summed E-state index contributed by atoms with van der Waals surface area (Å²) in [6, 6.07) is 11.9. The average Bonchev–Trinajstić information content (AvgIpc) is 2.93. The van der Waals surface area contributed by atoms with Crippen LogP contribution in [-0.2, 0) is 16.1 Å². The van der Waals surface area contributed by atoms with Crippen LogP contribution in [0.15, 0.2) is 42.5 Å². The zero-order valence-corrected chi connectivity index (χ0v) is 13.6. The van der Waals surface area contributed by atoms with Crippen molar-refractivity contribution >= 4 is 34.6 Å².